The van der Waals surface area contributed by atoms with Crippen molar-refractivity contribution in [3.8, 4) is 0 Å². The van der Waals surface area contributed by atoms with Crippen LogP contribution in [0.15, 0.2) is 34.8 Å². The minimum atomic E-state index is -0.448. The molecule has 1 aliphatic heterocycles. The molecule has 0 unspecified atom stereocenters. The second kappa shape index (κ2) is 8.26. The van der Waals surface area contributed by atoms with E-state index in [0.717, 1.165) is 14.9 Å². The number of hydrogen-bond donors (Lipinski definition) is 1. The van der Waals surface area contributed by atoms with E-state index in [1.165, 1.54) is 11.9 Å². The number of likely N-dealkylation sites (N-methyl/N-ethyl adjacent to an activating group) is 1. The maximum Gasteiger partial charge on any atom is 0.243 e. The van der Waals surface area contributed by atoms with Gasteiger partial charge in [0.1, 0.15) is 6.54 Å². The van der Waals surface area contributed by atoms with Crippen molar-refractivity contribution in [2.45, 2.75) is 19.8 Å². The van der Waals surface area contributed by atoms with Gasteiger partial charge in [0.25, 0.3) is 0 Å². The van der Waals surface area contributed by atoms with E-state index in [9.17, 15) is 19.2 Å². The van der Waals surface area contributed by atoms with E-state index in [4.69, 9.17) is 0 Å². The van der Waals surface area contributed by atoms with E-state index >= 15 is 0 Å². The third-order valence-corrected chi connectivity index (χ3v) is 5.65. The average molecular weight is 448 g/mol. The molecule has 1 aromatic rings. The van der Waals surface area contributed by atoms with E-state index in [-0.39, 0.29) is 42.6 Å². The number of nitrogens with one attached hydrogen (secondary N) is 1. The lowest BCUT2D eigenvalue weighted by Crippen LogP contribution is -2.44. The van der Waals surface area contributed by atoms with E-state index in [1.807, 2.05) is 31.2 Å². The number of fused-ring (bicyclic) bond motifs is 1. The van der Waals surface area contributed by atoms with Crippen molar-refractivity contribution in [3.05, 3.63) is 40.4 Å². The molecule has 1 saturated heterocycles. The van der Waals surface area contributed by atoms with Gasteiger partial charge in [0.2, 0.25) is 23.6 Å². The fraction of sp³-hybridized carbons (Fsp3) is 0.400. The molecule has 0 bridgehead atoms. The van der Waals surface area contributed by atoms with Crippen molar-refractivity contribution in [2.75, 3.05) is 25.5 Å². The molecular formula is C20H22BrN3O4. The van der Waals surface area contributed by atoms with Crippen LogP contribution < -0.4 is 5.32 Å². The summed E-state index contributed by atoms with van der Waals surface area (Å²) in [7, 11) is 1.48. The van der Waals surface area contributed by atoms with Crippen molar-refractivity contribution < 1.29 is 19.2 Å². The Hall–Kier alpha value is -2.48. The molecule has 1 fully saturated rings. The van der Waals surface area contributed by atoms with Crippen LogP contribution in [0, 0.1) is 18.8 Å². The minimum Gasteiger partial charge on any atom is -0.335 e. The summed E-state index contributed by atoms with van der Waals surface area (Å²) in [4.78, 5) is 51.9. The summed E-state index contributed by atoms with van der Waals surface area (Å²) in [6, 6.07) is 5.47. The van der Waals surface area contributed by atoms with Crippen LogP contribution in [0.5, 0.6) is 0 Å². The first-order valence-electron chi connectivity index (χ1n) is 9.08. The summed E-state index contributed by atoms with van der Waals surface area (Å²) < 4.78 is 0.908. The normalized spacial score (nSPS) is 20.9. The van der Waals surface area contributed by atoms with E-state index < -0.39 is 5.91 Å². The van der Waals surface area contributed by atoms with Crippen molar-refractivity contribution in [2.24, 2.45) is 11.8 Å². The van der Waals surface area contributed by atoms with Gasteiger partial charge in [-0.2, -0.15) is 0 Å². The van der Waals surface area contributed by atoms with Crippen LogP contribution in [-0.4, -0.2) is 53.6 Å². The number of aryl methyl sites for hydroxylation is 1. The van der Waals surface area contributed by atoms with Gasteiger partial charge < -0.3 is 10.2 Å². The Bertz CT molecular complexity index is 841. The number of hydrogen-bond acceptors (Lipinski definition) is 4. The highest BCUT2D eigenvalue weighted by atomic mass is 79.9. The van der Waals surface area contributed by atoms with Crippen LogP contribution in [0.4, 0.5) is 5.69 Å². The van der Waals surface area contributed by atoms with Gasteiger partial charge in [0, 0.05) is 17.2 Å². The maximum atomic E-state index is 12.5. The number of likely N-dealkylation sites (tertiary alicyclic amines) is 1. The van der Waals surface area contributed by atoms with E-state index in [2.05, 4.69) is 21.2 Å². The maximum absolute atomic E-state index is 12.5. The molecule has 8 heteroatoms. The second-order valence-electron chi connectivity index (χ2n) is 7.18. The summed E-state index contributed by atoms with van der Waals surface area (Å²) in [6.45, 7) is 1.37. The fourth-order valence-corrected chi connectivity index (χ4v) is 4.02. The average Bonchev–Trinajstić information content (AvgIpc) is 2.89. The Morgan fingerprint density at radius 1 is 1.18 bits per heavy atom. The van der Waals surface area contributed by atoms with Gasteiger partial charge in [-0.25, -0.2) is 0 Å². The lowest BCUT2D eigenvalue weighted by Gasteiger charge is -2.21. The molecule has 1 aliphatic carbocycles. The summed E-state index contributed by atoms with van der Waals surface area (Å²) in [5.74, 6) is -2.11. The molecule has 7 nitrogen and oxygen atoms in total. The first-order valence-corrected chi connectivity index (χ1v) is 9.87. The van der Waals surface area contributed by atoms with Gasteiger partial charge in [-0.15, -0.1) is 0 Å². The summed E-state index contributed by atoms with van der Waals surface area (Å²) in [5.41, 5.74) is 1.55. The molecule has 148 valence electrons. The van der Waals surface area contributed by atoms with Gasteiger partial charge in [-0.05, 0) is 43.5 Å². The zero-order valence-electron chi connectivity index (χ0n) is 15.8. The first-order chi connectivity index (χ1) is 13.3. The molecule has 28 heavy (non-hydrogen) atoms. The van der Waals surface area contributed by atoms with E-state index in [0.29, 0.717) is 18.5 Å². The SMILES string of the molecule is Cc1cc(Br)ccc1NC(=O)CN(C)C(=O)CN1C(=O)[C@@H]2CC=CC[C@H]2C1=O. The van der Waals surface area contributed by atoms with Gasteiger partial charge in [-0.3, -0.25) is 24.1 Å². The number of carbonyl (C=O) groups excluding carboxylic acids is 4. The molecule has 3 rings (SSSR count). The number of anilines is 1. The third kappa shape index (κ3) is 4.16. The van der Waals surface area contributed by atoms with Gasteiger partial charge >= 0.3 is 0 Å². The van der Waals surface area contributed by atoms with Gasteiger partial charge in [0.05, 0.1) is 18.4 Å². The fourth-order valence-electron chi connectivity index (χ4n) is 3.54. The van der Waals surface area contributed by atoms with Crippen molar-refractivity contribution >= 4 is 45.2 Å². The summed E-state index contributed by atoms with van der Waals surface area (Å²) in [6.07, 6.45) is 4.87. The largest absolute Gasteiger partial charge is 0.335 e. The second-order valence-corrected chi connectivity index (χ2v) is 8.09. The molecular weight excluding hydrogens is 426 g/mol. The Morgan fingerprint density at radius 2 is 1.79 bits per heavy atom. The standard InChI is InChI=1S/C20H22BrN3O4/c1-12-9-13(21)7-8-16(12)22-17(25)10-23(2)18(26)11-24-19(27)14-5-3-4-6-15(14)20(24)28/h3-4,7-9,14-15H,5-6,10-11H2,1-2H3,(H,22,25)/t14-,15-/m1/s1. The van der Waals surface area contributed by atoms with Crippen LogP contribution in [-0.2, 0) is 19.2 Å². The molecule has 0 radical (unpaired) electrons. The molecule has 2 atom stereocenters. The monoisotopic (exact) mass is 447 g/mol. The van der Waals surface area contributed by atoms with Gasteiger partial charge in [-0.1, -0.05) is 28.1 Å². The predicted molar refractivity (Wildman–Crippen MR) is 107 cm³/mol. The van der Waals surface area contributed by atoms with Crippen molar-refractivity contribution in [1.82, 2.24) is 9.80 Å². The summed E-state index contributed by atoms with van der Waals surface area (Å²) in [5, 5.41) is 2.77. The Kier molecular flexibility index (Phi) is 5.98. The number of carbonyl (C=O) groups is 4. The molecule has 0 saturated carbocycles. The molecule has 0 spiro atoms. The van der Waals surface area contributed by atoms with E-state index in [1.54, 1.807) is 6.07 Å². The Morgan fingerprint density at radius 3 is 2.36 bits per heavy atom. The highest BCUT2D eigenvalue weighted by Gasteiger charge is 2.47. The zero-order chi connectivity index (χ0) is 20.4. The molecule has 0 aromatic heterocycles. The number of rotatable bonds is 5. The van der Waals surface area contributed by atoms with Crippen LogP contribution in [0.2, 0.25) is 0 Å². The lowest BCUT2D eigenvalue weighted by atomic mass is 9.85. The van der Waals surface area contributed by atoms with Crippen LogP contribution in [0.1, 0.15) is 18.4 Å². The highest BCUT2D eigenvalue weighted by molar-refractivity contribution is 9.10. The van der Waals surface area contributed by atoms with Crippen molar-refractivity contribution in [3.63, 3.8) is 0 Å². The molecule has 1 heterocycles. The van der Waals surface area contributed by atoms with Crippen LogP contribution in [0.25, 0.3) is 0 Å². The quantitative estimate of drug-likeness (QED) is 0.552. The number of imide groups is 1. The predicted octanol–water partition coefficient (Wildman–Crippen LogP) is 2.11. The van der Waals surface area contributed by atoms with Crippen LogP contribution in [0.3, 0.4) is 0 Å². The topological polar surface area (TPSA) is 86.8 Å². The smallest absolute Gasteiger partial charge is 0.243 e. The lowest BCUT2D eigenvalue weighted by molar-refractivity contribution is -0.146. The minimum absolute atomic E-state index is 0.168. The Labute approximate surface area is 171 Å². The van der Waals surface area contributed by atoms with Gasteiger partial charge in [0.15, 0.2) is 0 Å². The number of allylic oxidation sites excluding steroid dienone is 2. The highest BCUT2D eigenvalue weighted by Crippen LogP contribution is 2.34. The first kappa shape index (κ1) is 20.3. The zero-order valence-corrected chi connectivity index (χ0v) is 17.4. The molecule has 2 aliphatic rings. The summed E-state index contributed by atoms with van der Waals surface area (Å²) >= 11 is 3.37. The molecule has 1 N–H and O–H groups in total. The number of halogens is 1. The number of nitrogens with zero attached hydrogens (tertiary/aromatic N) is 2. The van der Waals surface area contributed by atoms with Crippen LogP contribution >= 0.6 is 15.9 Å². The third-order valence-electron chi connectivity index (χ3n) is 5.16. The molecule has 4 amide bonds. The van der Waals surface area contributed by atoms with Crippen molar-refractivity contribution in [1.29, 1.82) is 0 Å². The Balaban J connectivity index is 1.56. The number of benzene rings is 1. The number of amides is 4. The molecule has 1 aromatic carbocycles.